The number of hydrazone groups is 1. The van der Waals surface area contributed by atoms with Crippen LogP contribution >= 0.6 is 0 Å². The number of aromatic nitrogens is 3. The summed E-state index contributed by atoms with van der Waals surface area (Å²) in [4.78, 5) is 18.5. The van der Waals surface area contributed by atoms with Gasteiger partial charge >= 0.3 is 6.18 Å². The maximum absolute atomic E-state index is 14.3. The third-order valence-electron chi connectivity index (χ3n) is 7.02. The monoisotopic (exact) mass is 557 g/mol. The Morgan fingerprint density at radius 2 is 1.75 bits per heavy atom. The largest absolute Gasteiger partial charge is 0.416 e. The van der Waals surface area contributed by atoms with E-state index in [1.165, 1.54) is 18.5 Å². The summed E-state index contributed by atoms with van der Waals surface area (Å²) in [7, 11) is 2.01. The molecule has 2 aliphatic heterocycles. The molecule has 9 nitrogen and oxygen atoms in total. The molecule has 0 atom stereocenters. The number of hydrogen-bond donors (Lipinski definition) is 2. The molecule has 2 aromatic heterocycles. The summed E-state index contributed by atoms with van der Waals surface area (Å²) in [6, 6.07) is 7.78. The van der Waals surface area contributed by atoms with Gasteiger partial charge in [0.15, 0.2) is 11.6 Å². The molecular formula is C27H31F4N9. The molecule has 1 aromatic carbocycles. The first-order chi connectivity index (χ1) is 19.3. The molecule has 0 aliphatic carbocycles. The van der Waals surface area contributed by atoms with Crippen molar-refractivity contribution in [3.8, 4) is 11.1 Å². The van der Waals surface area contributed by atoms with E-state index in [-0.39, 0.29) is 23.9 Å². The number of likely N-dealkylation sites (N-methyl/N-ethyl adjacent to an activating group) is 1. The molecule has 0 saturated carbocycles. The standard InChI is InChI=1S/C27H31F4N9/c1-38-10-12-39(13-11-38)18-21-3-2-19(15-23(21)27(29,30)31)20-4-5-33-22(14-20)16-35-37-26-34-17-24(28)25(36-26)40-8-6-32-7-9-40/h2-5,14-17,32H,6-13,18H2,1H3,(H,34,36,37)/b35-16+. The lowest BCUT2D eigenvalue weighted by molar-refractivity contribution is -0.138. The SMILES string of the molecule is CN1CCN(Cc2ccc(-c3ccnc(/C=N/Nc4ncc(F)c(N5CCNCC5)n4)c3)cc2C(F)(F)F)CC1. The molecule has 0 bridgehead atoms. The number of alkyl halides is 3. The van der Waals surface area contributed by atoms with E-state index in [1.807, 2.05) is 11.9 Å². The van der Waals surface area contributed by atoms with Crippen LogP contribution in [0.5, 0.6) is 0 Å². The first kappa shape index (κ1) is 27.9. The van der Waals surface area contributed by atoms with Gasteiger partial charge in [0.2, 0.25) is 5.95 Å². The molecule has 13 heteroatoms. The van der Waals surface area contributed by atoms with Gasteiger partial charge < -0.3 is 15.1 Å². The molecule has 3 aromatic rings. The Labute approximate surface area is 229 Å². The van der Waals surface area contributed by atoms with Crippen LogP contribution in [0.25, 0.3) is 11.1 Å². The lowest BCUT2D eigenvalue weighted by Crippen LogP contribution is -2.44. The quantitative estimate of drug-likeness (QED) is 0.260. The van der Waals surface area contributed by atoms with Crippen LogP contribution in [0.15, 0.2) is 47.8 Å². The maximum atomic E-state index is 14.3. The van der Waals surface area contributed by atoms with Crippen molar-refractivity contribution in [2.75, 3.05) is 69.7 Å². The predicted molar refractivity (Wildman–Crippen MR) is 146 cm³/mol. The second kappa shape index (κ2) is 12.2. The van der Waals surface area contributed by atoms with Crippen LogP contribution in [0.4, 0.5) is 29.3 Å². The highest BCUT2D eigenvalue weighted by molar-refractivity contribution is 5.80. The van der Waals surface area contributed by atoms with E-state index in [0.717, 1.165) is 45.5 Å². The number of hydrogen-bond acceptors (Lipinski definition) is 9. The van der Waals surface area contributed by atoms with Gasteiger partial charge in [-0.15, -0.1) is 0 Å². The van der Waals surface area contributed by atoms with E-state index < -0.39 is 17.6 Å². The van der Waals surface area contributed by atoms with Crippen LogP contribution in [0.3, 0.4) is 0 Å². The van der Waals surface area contributed by atoms with Gasteiger partial charge in [0.25, 0.3) is 0 Å². The van der Waals surface area contributed by atoms with Crippen molar-refractivity contribution in [2.45, 2.75) is 12.7 Å². The zero-order valence-corrected chi connectivity index (χ0v) is 22.1. The van der Waals surface area contributed by atoms with E-state index in [4.69, 9.17) is 0 Å². The van der Waals surface area contributed by atoms with Crippen LogP contribution < -0.4 is 15.6 Å². The number of nitrogens with one attached hydrogen (secondary N) is 2. The number of halogens is 4. The van der Waals surface area contributed by atoms with E-state index in [9.17, 15) is 17.6 Å². The summed E-state index contributed by atoms with van der Waals surface area (Å²) in [5, 5.41) is 7.30. The van der Waals surface area contributed by atoms with Gasteiger partial charge in [0, 0.05) is 65.1 Å². The van der Waals surface area contributed by atoms with Crippen LogP contribution in [-0.2, 0) is 12.7 Å². The highest BCUT2D eigenvalue weighted by Gasteiger charge is 2.34. The van der Waals surface area contributed by atoms with E-state index in [2.05, 4.69) is 40.6 Å². The first-order valence-corrected chi connectivity index (χ1v) is 13.1. The Morgan fingerprint density at radius 3 is 2.50 bits per heavy atom. The van der Waals surface area contributed by atoms with Gasteiger partial charge in [0.05, 0.1) is 23.7 Å². The number of pyridine rings is 1. The molecule has 4 heterocycles. The van der Waals surface area contributed by atoms with Gasteiger partial charge in [-0.2, -0.15) is 23.3 Å². The zero-order chi connectivity index (χ0) is 28.1. The van der Waals surface area contributed by atoms with Gasteiger partial charge in [-0.1, -0.05) is 12.1 Å². The Balaban J connectivity index is 1.30. The highest BCUT2D eigenvalue weighted by atomic mass is 19.4. The second-order valence-electron chi connectivity index (χ2n) is 9.89. The number of piperazine rings is 2. The fourth-order valence-corrected chi connectivity index (χ4v) is 4.77. The smallest absolute Gasteiger partial charge is 0.351 e. The highest BCUT2D eigenvalue weighted by Crippen LogP contribution is 2.35. The van der Waals surface area contributed by atoms with Crippen molar-refractivity contribution < 1.29 is 17.6 Å². The minimum Gasteiger partial charge on any atom is -0.351 e. The fourth-order valence-electron chi connectivity index (χ4n) is 4.77. The van der Waals surface area contributed by atoms with Gasteiger partial charge in [-0.3, -0.25) is 9.88 Å². The first-order valence-electron chi connectivity index (χ1n) is 13.1. The third-order valence-corrected chi connectivity index (χ3v) is 7.02. The molecule has 0 spiro atoms. The molecule has 2 aliphatic rings. The molecule has 2 N–H and O–H groups in total. The van der Waals surface area contributed by atoms with Gasteiger partial charge in [-0.05, 0) is 41.9 Å². The summed E-state index contributed by atoms with van der Waals surface area (Å²) in [6.45, 7) is 6.10. The number of nitrogens with zero attached hydrogens (tertiary/aromatic N) is 7. The summed E-state index contributed by atoms with van der Waals surface area (Å²) in [5.74, 6) is -0.197. The Hall–Kier alpha value is -3.68. The van der Waals surface area contributed by atoms with E-state index >= 15 is 0 Å². The lowest BCUT2D eigenvalue weighted by Gasteiger charge is -2.33. The summed E-state index contributed by atoms with van der Waals surface area (Å²) >= 11 is 0. The molecule has 0 radical (unpaired) electrons. The van der Waals surface area contributed by atoms with Crippen LogP contribution in [-0.4, -0.2) is 90.4 Å². The second-order valence-corrected chi connectivity index (χ2v) is 9.89. The molecule has 0 unspecified atom stereocenters. The minimum absolute atomic E-state index is 0.119. The molecular weight excluding hydrogens is 526 g/mol. The summed E-state index contributed by atoms with van der Waals surface area (Å²) in [6.07, 6.45) is -0.462. The van der Waals surface area contributed by atoms with E-state index in [0.29, 0.717) is 29.9 Å². The van der Waals surface area contributed by atoms with Crippen LogP contribution in [0, 0.1) is 5.82 Å². The third kappa shape index (κ3) is 6.90. The number of rotatable bonds is 7. The topological polar surface area (TPSA) is 84.8 Å². The van der Waals surface area contributed by atoms with Crippen LogP contribution in [0.1, 0.15) is 16.8 Å². The molecule has 2 saturated heterocycles. The van der Waals surface area contributed by atoms with Crippen molar-refractivity contribution in [3.05, 3.63) is 65.4 Å². The molecule has 0 amide bonds. The Morgan fingerprint density at radius 1 is 1.00 bits per heavy atom. The average molecular weight is 558 g/mol. The minimum atomic E-state index is -4.47. The summed E-state index contributed by atoms with van der Waals surface area (Å²) in [5.41, 5.74) is 3.74. The van der Waals surface area contributed by atoms with Crippen molar-refractivity contribution >= 4 is 18.0 Å². The molecule has 2 fully saturated rings. The number of anilines is 2. The van der Waals surface area contributed by atoms with Gasteiger partial charge in [0.1, 0.15) is 0 Å². The Bertz CT molecular complexity index is 1330. The average Bonchev–Trinajstić information content (AvgIpc) is 2.95. The maximum Gasteiger partial charge on any atom is 0.416 e. The Kier molecular flexibility index (Phi) is 8.52. The van der Waals surface area contributed by atoms with Crippen molar-refractivity contribution in [3.63, 3.8) is 0 Å². The van der Waals surface area contributed by atoms with Crippen molar-refractivity contribution in [1.82, 2.24) is 30.1 Å². The van der Waals surface area contributed by atoms with Gasteiger partial charge in [-0.25, -0.2) is 14.8 Å². The fraction of sp³-hybridized carbons (Fsp3) is 0.407. The lowest BCUT2D eigenvalue weighted by atomic mass is 9.98. The molecule has 212 valence electrons. The molecule has 5 rings (SSSR count). The molecule has 40 heavy (non-hydrogen) atoms. The number of benzene rings is 1. The van der Waals surface area contributed by atoms with E-state index in [1.54, 1.807) is 24.3 Å². The predicted octanol–water partition coefficient (Wildman–Crippen LogP) is 3.30. The normalized spacial score (nSPS) is 17.5. The zero-order valence-electron chi connectivity index (χ0n) is 22.1. The van der Waals surface area contributed by atoms with Crippen molar-refractivity contribution in [1.29, 1.82) is 0 Å². The van der Waals surface area contributed by atoms with Crippen LogP contribution in [0.2, 0.25) is 0 Å². The summed E-state index contributed by atoms with van der Waals surface area (Å²) < 4.78 is 56.4. The van der Waals surface area contributed by atoms with Crippen molar-refractivity contribution in [2.24, 2.45) is 5.10 Å².